The predicted molar refractivity (Wildman–Crippen MR) is 60.3 cm³/mol. The molecule has 1 N–H and O–H groups in total. The number of alkyl halides is 3. The summed E-state index contributed by atoms with van der Waals surface area (Å²) in [6.45, 7) is 0.244. The molecule has 1 rings (SSSR count). The molecule has 0 aromatic rings. The van der Waals surface area contributed by atoms with Gasteiger partial charge in [0.05, 0.1) is 19.7 Å². The van der Waals surface area contributed by atoms with Crippen molar-refractivity contribution >= 4 is 11.9 Å². The van der Waals surface area contributed by atoms with Crippen LogP contribution in [0.25, 0.3) is 0 Å². The third-order valence-corrected chi connectivity index (χ3v) is 2.53. The van der Waals surface area contributed by atoms with Crippen molar-refractivity contribution in [2.45, 2.75) is 32.0 Å². The van der Waals surface area contributed by atoms with Crippen molar-refractivity contribution in [3.05, 3.63) is 0 Å². The van der Waals surface area contributed by atoms with E-state index < -0.39 is 24.6 Å². The van der Waals surface area contributed by atoms with Crippen molar-refractivity contribution in [2.24, 2.45) is 0 Å². The minimum Gasteiger partial charge on any atom is -0.465 e. The van der Waals surface area contributed by atoms with Gasteiger partial charge in [0, 0.05) is 6.04 Å². The SMILES string of the molecule is CCOC(=O)CN(CC(=O)NCC(F)(F)F)C1CC1. The summed E-state index contributed by atoms with van der Waals surface area (Å²) >= 11 is 0. The van der Waals surface area contributed by atoms with Crippen LogP contribution in [0.1, 0.15) is 19.8 Å². The second kappa shape index (κ2) is 6.74. The van der Waals surface area contributed by atoms with Crippen LogP contribution in [0.15, 0.2) is 0 Å². The Labute approximate surface area is 109 Å². The second-order valence-electron chi connectivity index (χ2n) is 4.33. The molecule has 0 radical (unpaired) electrons. The monoisotopic (exact) mass is 282 g/mol. The third kappa shape index (κ3) is 7.00. The number of amides is 1. The van der Waals surface area contributed by atoms with Crippen LogP contribution in [0.3, 0.4) is 0 Å². The van der Waals surface area contributed by atoms with Gasteiger partial charge in [0.25, 0.3) is 0 Å². The van der Waals surface area contributed by atoms with E-state index in [4.69, 9.17) is 4.74 Å². The highest BCUT2D eigenvalue weighted by Crippen LogP contribution is 2.26. The van der Waals surface area contributed by atoms with Gasteiger partial charge in [-0.2, -0.15) is 13.2 Å². The molecule has 0 atom stereocenters. The number of esters is 1. The van der Waals surface area contributed by atoms with Crippen molar-refractivity contribution in [3.63, 3.8) is 0 Å². The zero-order chi connectivity index (χ0) is 14.5. The first kappa shape index (κ1) is 15.7. The largest absolute Gasteiger partial charge is 0.465 e. The fourth-order valence-corrected chi connectivity index (χ4v) is 1.57. The van der Waals surface area contributed by atoms with Gasteiger partial charge in [0.2, 0.25) is 5.91 Å². The summed E-state index contributed by atoms with van der Waals surface area (Å²) in [4.78, 5) is 24.2. The number of hydrogen-bond donors (Lipinski definition) is 1. The van der Waals surface area contributed by atoms with Crippen LogP contribution in [0.2, 0.25) is 0 Å². The maximum Gasteiger partial charge on any atom is 0.405 e. The lowest BCUT2D eigenvalue weighted by Crippen LogP contribution is -2.43. The van der Waals surface area contributed by atoms with Crippen LogP contribution >= 0.6 is 0 Å². The molecular formula is C11H17F3N2O3. The van der Waals surface area contributed by atoms with E-state index in [9.17, 15) is 22.8 Å². The van der Waals surface area contributed by atoms with Gasteiger partial charge in [-0.05, 0) is 19.8 Å². The number of nitrogens with one attached hydrogen (secondary N) is 1. The zero-order valence-electron chi connectivity index (χ0n) is 10.6. The van der Waals surface area contributed by atoms with Crippen molar-refractivity contribution in [3.8, 4) is 0 Å². The van der Waals surface area contributed by atoms with E-state index in [0.29, 0.717) is 0 Å². The lowest BCUT2D eigenvalue weighted by atomic mass is 10.4. The number of rotatable bonds is 7. The van der Waals surface area contributed by atoms with Gasteiger partial charge < -0.3 is 10.1 Å². The zero-order valence-corrected chi connectivity index (χ0v) is 10.6. The first-order valence-electron chi connectivity index (χ1n) is 6.05. The molecule has 1 aliphatic rings. The van der Waals surface area contributed by atoms with Crippen LogP contribution in [0.4, 0.5) is 13.2 Å². The van der Waals surface area contributed by atoms with Crippen LogP contribution in [0.5, 0.6) is 0 Å². The molecule has 1 fully saturated rings. The van der Waals surface area contributed by atoms with E-state index in [1.165, 1.54) is 0 Å². The Balaban J connectivity index is 2.36. The molecular weight excluding hydrogens is 265 g/mol. The molecule has 1 amide bonds. The third-order valence-electron chi connectivity index (χ3n) is 2.53. The van der Waals surface area contributed by atoms with Gasteiger partial charge in [0.15, 0.2) is 0 Å². The molecule has 0 heterocycles. The number of hydrogen-bond acceptors (Lipinski definition) is 4. The summed E-state index contributed by atoms with van der Waals surface area (Å²) in [5.41, 5.74) is 0. The molecule has 0 spiro atoms. The molecule has 0 unspecified atom stereocenters. The fourth-order valence-electron chi connectivity index (χ4n) is 1.57. The molecule has 19 heavy (non-hydrogen) atoms. The van der Waals surface area contributed by atoms with Crippen LogP contribution < -0.4 is 5.32 Å². The van der Waals surface area contributed by atoms with Gasteiger partial charge in [-0.1, -0.05) is 0 Å². The average Bonchev–Trinajstić information content (AvgIpc) is 3.08. The summed E-state index contributed by atoms with van der Waals surface area (Å²) in [7, 11) is 0. The number of nitrogens with zero attached hydrogens (tertiary/aromatic N) is 1. The number of carbonyl (C=O) groups excluding carboxylic acids is 2. The smallest absolute Gasteiger partial charge is 0.405 e. The minimum absolute atomic E-state index is 0.0715. The molecule has 1 aliphatic carbocycles. The fraction of sp³-hybridized carbons (Fsp3) is 0.818. The molecule has 0 aromatic carbocycles. The molecule has 0 saturated heterocycles. The van der Waals surface area contributed by atoms with Crippen molar-refractivity contribution in [1.29, 1.82) is 0 Å². The molecule has 0 bridgehead atoms. The lowest BCUT2D eigenvalue weighted by Gasteiger charge is -2.20. The van der Waals surface area contributed by atoms with E-state index in [1.807, 2.05) is 0 Å². The van der Waals surface area contributed by atoms with Gasteiger partial charge in [-0.25, -0.2) is 0 Å². The van der Waals surface area contributed by atoms with Crippen LogP contribution in [0, 0.1) is 0 Å². The number of carbonyl (C=O) groups is 2. The molecule has 0 aliphatic heterocycles. The average molecular weight is 282 g/mol. The maximum absolute atomic E-state index is 11.9. The highest BCUT2D eigenvalue weighted by Gasteiger charge is 2.33. The molecule has 5 nitrogen and oxygen atoms in total. The number of halogens is 3. The minimum atomic E-state index is -4.43. The second-order valence-corrected chi connectivity index (χ2v) is 4.33. The standard InChI is InChI=1S/C11H17F3N2O3/c1-2-19-10(18)6-16(8-3-4-8)5-9(17)15-7-11(12,13)14/h8H,2-7H2,1H3,(H,15,17). The Kier molecular flexibility index (Phi) is 5.59. The molecule has 1 saturated carbocycles. The first-order valence-corrected chi connectivity index (χ1v) is 6.05. The first-order chi connectivity index (χ1) is 8.81. The molecule has 8 heteroatoms. The Morgan fingerprint density at radius 1 is 1.32 bits per heavy atom. The summed E-state index contributed by atoms with van der Waals surface area (Å²) in [5, 5.41) is 1.78. The summed E-state index contributed by atoms with van der Waals surface area (Å²) in [6.07, 6.45) is -2.75. The number of ether oxygens (including phenoxy) is 1. The summed E-state index contributed by atoms with van der Waals surface area (Å²) < 4.78 is 40.6. The van der Waals surface area contributed by atoms with Crippen LogP contribution in [-0.4, -0.2) is 55.2 Å². The van der Waals surface area contributed by atoms with E-state index in [-0.39, 0.29) is 25.7 Å². The van der Waals surface area contributed by atoms with E-state index >= 15 is 0 Å². The highest BCUT2D eigenvalue weighted by atomic mass is 19.4. The molecule has 110 valence electrons. The molecule has 0 aromatic heterocycles. The normalized spacial score (nSPS) is 15.4. The van der Waals surface area contributed by atoms with E-state index in [2.05, 4.69) is 0 Å². The summed E-state index contributed by atoms with van der Waals surface area (Å²) in [6, 6.07) is 0.0843. The van der Waals surface area contributed by atoms with Crippen molar-refractivity contribution in [2.75, 3.05) is 26.2 Å². The Bertz CT molecular complexity index is 330. The quantitative estimate of drug-likeness (QED) is 0.698. The lowest BCUT2D eigenvalue weighted by molar-refractivity contribution is -0.146. The Morgan fingerprint density at radius 2 is 1.95 bits per heavy atom. The van der Waals surface area contributed by atoms with Crippen molar-refractivity contribution in [1.82, 2.24) is 10.2 Å². The van der Waals surface area contributed by atoms with Crippen LogP contribution in [-0.2, 0) is 14.3 Å². The van der Waals surface area contributed by atoms with E-state index in [0.717, 1.165) is 12.8 Å². The van der Waals surface area contributed by atoms with Gasteiger partial charge >= 0.3 is 12.1 Å². The van der Waals surface area contributed by atoms with Gasteiger partial charge in [-0.3, -0.25) is 14.5 Å². The van der Waals surface area contributed by atoms with Gasteiger partial charge in [-0.15, -0.1) is 0 Å². The highest BCUT2D eigenvalue weighted by molar-refractivity contribution is 5.79. The maximum atomic E-state index is 11.9. The van der Waals surface area contributed by atoms with E-state index in [1.54, 1.807) is 17.1 Å². The predicted octanol–water partition coefficient (Wildman–Crippen LogP) is 0.692. The topological polar surface area (TPSA) is 58.6 Å². The van der Waals surface area contributed by atoms with Gasteiger partial charge in [0.1, 0.15) is 6.54 Å². The summed E-state index contributed by atoms with van der Waals surface area (Å²) in [5.74, 6) is -1.22. The Hall–Kier alpha value is -1.31. The Morgan fingerprint density at radius 3 is 2.42 bits per heavy atom. The van der Waals surface area contributed by atoms with Crippen molar-refractivity contribution < 1.29 is 27.5 Å².